The van der Waals surface area contributed by atoms with Crippen molar-refractivity contribution in [3.05, 3.63) is 35.9 Å². The molecule has 0 amide bonds. The van der Waals surface area contributed by atoms with E-state index in [4.69, 9.17) is 0 Å². The van der Waals surface area contributed by atoms with Crippen LogP contribution >= 0.6 is 0 Å². The van der Waals surface area contributed by atoms with Crippen molar-refractivity contribution in [2.75, 3.05) is 12.3 Å². The molecule has 3 nitrogen and oxygen atoms in total. The molecule has 0 radical (unpaired) electrons. The molecule has 1 aliphatic rings. The van der Waals surface area contributed by atoms with Crippen LogP contribution in [0.2, 0.25) is 0 Å². The summed E-state index contributed by atoms with van der Waals surface area (Å²) < 4.78 is 23.1. The largest absolute Gasteiger partial charge is 0.311 e. The second-order valence-corrected chi connectivity index (χ2v) is 6.65. The number of benzene rings is 1. The summed E-state index contributed by atoms with van der Waals surface area (Å²) in [5.41, 5.74) is 1.19. The SMILES string of the molecule is O=S1(=O)CCCC1CNCc1ccccc1. The van der Waals surface area contributed by atoms with Gasteiger partial charge in [0.25, 0.3) is 0 Å². The Hall–Kier alpha value is -0.870. The average molecular weight is 239 g/mol. The molecule has 4 heteroatoms. The van der Waals surface area contributed by atoms with Gasteiger partial charge in [-0.15, -0.1) is 0 Å². The van der Waals surface area contributed by atoms with Crippen LogP contribution in [0.25, 0.3) is 0 Å². The van der Waals surface area contributed by atoms with Gasteiger partial charge in [0, 0.05) is 13.1 Å². The van der Waals surface area contributed by atoms with Gasteiger partial charge >= 0.3 is 0 Å². The normalized spacial score (nSPS) is 23.4. The maximum absolute atomic E-state index is 11.6. The van der Waals surface area contributed by atoms with Crippen molar-refractivity contribution in [2.24, 2.45) is 0 Å². The van der Waals surface area contributed by atoms with Gasteiger partial charge in [0.15, 0.2) is 9.84 Å². The molecule has 0 aliphatic carbocycles. The zero-order valence-corrected chi connectivity index (χ0v) is 10.0. The predicted octanol–water partition coefficient (Wildman–Crippen LogP) is 1.35. The fourth-order valence-corrected chi connectivity index (χ4v) is 3.86. The minimum atomic E-state index is -2.80. The third-order valence-corrected chi connectivity index (χ3v) is 5.28. The summed E-state index contributed by atoms with van der Waals surface area (Å²) in [5.74, 6) is 0.366. The molecule has 1 atom stereocenters. The van der Waals surface area contributed by atoms with Crippen LogP contribution in [0.4, 0.5) is 0 Å². The van der Waals surface area contributed by atoms with E-state index in [-0.39, 0.29) is 5.25 Å². The quantitative estimate of drug-likeness (QED) is 0.863. The number of sulfone groups is 1. The Balaban J connectivity index is 1.81. The van der Waals surface area contributed by atoms with Crippen LogP contribution in [0.15, 0.2) is 30.3 Å². The number of hydrogen-bond acceptors (Lipinski definition) is 3. The van der Waals surface area contributed by atoms with E-state index in [1.165, 1.54) is 5.56 Å². The van der Waals surface area contributed by atoms with Crippen LogP contribution in [0.1, 0.15) is 18.4 Å². The minimum Gasteiger partial charge on any atom is -0.311 e. The van der Waals surface area contributed by atoms with Crippen LogP contribution in [-0.2, 0) is 16.4 Å². The highest BCUT2D eigenvalue weighted by Crippen LogP contribution is 2.19. The zero-order valence-electron chi connectivity index (χ0n) is 9.22. The average Bonchev–Trinajstić information content (AvgIpc) is 2.60. The molecule has 1 aromatic rings. The van der Waals surface area contributed by atoms with Gasteiger partial charge in [-0.05, 0) is 18.4 Å². The Morgan fingerprint density at radius 1 is 1.25 bits per heavy atom. The molecule has 1 unspecified atom stereocenters. The summed E-state index contributed by atoms with van der Waals surface area (Å²) in [7, 11) is -2.80. The molecule has 0 bridgehead atoms. The zero-order chi connectivity index (χ0) is 11.4. The summed E-state index contributed by atoms with van der Waals surface area (Å²) in [5, 5.41) is 3.05. The Kier molecular flexibility index (Phi) is 3.61. The van der Waals surface area contributed by atoms with Crippen molar-refractivity contribution >= 4 is 9.84 Å². The maximum Gasteiger partial charge on any atom is 0.154 e. The molecule has 1 aliphatic heterocycles. The van der Waals surface area contributed by atoms with E-state index in [0.717, 1.165) is 19.4 Å². The summed E-state index contributed by atoms with van der Waals surface area (Å²) in [6.07, 6.45) is 1.63. The van der Waals surface area contributed by atoms with Gasteiger partial charge in [-0.3, -0.25) is 0 Å². The predicted molar refractivity (Wildman–Crippen MR) is 65.0 cm³/mol. The Morgan fingerprint density at radius 2 is 2.00 bits per heavy atom. The van der Waals surface area contributed by atoms with Gasteiger partial charge in [-0.1, -0.05) is 30.3 Å². The lowest BCUT2D eigenvalue weighted by Crippen LogP contribution is -2.30. The van der Waals surface area contributed by atoms with Gasteiger partial charge in [-0.25, -0.2) is 8.42 Å². The lowest BCUT2D eigenvalue weighted by molar-refractivity contribution is 0.574. The first kappa shape index (κ1) is 11.6. The molecule has 16 heavy (non-hydrogen) atoms. The van der Waals surface area contributed by atoms with Crippen molar-refractivity contribution in [1.82, 2.24) is 5.32 Å². The summed E-state index contributed by atoms with van der Waals surface area (Å²) >= 11 is 0. The monoisotopic (exact) mass is 239 g/mol. The second kappa shape index (κ2) is 4.97. The molecule has 1 fully saturated rings. The van der Waals surface area contributed by atoms with Crippen molar-refractivity contribution in [3.63, 3.8) is 0 Å². The molecular formula is C12H17NO2S. The maximum atomic E-state index is 11.6. The lowest BCUT2D eigenvalue weighted by atomic mass is 10.2. The molecule has 0 spiro atoms. The highest BCUT2D eigenvalue weighted by Gasteiger charge is 2.30. The third kappa shape index (κ3) is 2.83. The Labute approximate surface area is 96.8 Å². The van der Waals surface area contributed by atoms with E-state index in [2.05, 4.69) is 5.32 Å². The number of nitrogens with one attached hydrogen (secondary N) is 1. The van der Waals surface area contributed by atoms with Crippen LogP contribution in [0.3, 0.4) is 0 Å². The smallest absolute Gasteiger partial charge is 0.154 e. The third-order valence-electron chi connectivity index (χ3n) is 3.01. The van der Waals surface area contributed by atoms with Gasteiger partial charge in [0.1, 0.15) is 0 Å². The first-order chi connectivity index (χ1) is 7.68. The van der Waals surface area contributed by atoms with E-state index >= 15 is 0 Å². The Bertz CT molecular complexity index is 428. The lowest BCUT2D eigenvalue weighted by Gasteiger charge is -2.10. The molecule has 1 saturated heterocycles. The van der Waals surface area contributed by atoms with Gasteiger partial charge in [0.2, 0.25) is 0 Å². The molecule has 1 heterocycles. The van der Waals surface area contributed by atoms with Gasteiger partial charge in [-0.2, -0.15) is 0 Å². The number of rotatable bonds is 4. The van der Waals surface area contributed by atoms with Crippen molar-refractivity contribution in [3.8, 4) is 0 Å². The molecule has 0 saturated carbocycles. The fourth-order valence-electron chi connectivity index (χ4n) is 2.06. The molecule has 1 aromatic carbocycles. The van der Waals surface area contributed by atoms with Gasteiger partial charge in [0.05, 0.1) is 11.0 Å². The van der Waals surface area contributed by atoms with E-state index in [1.807, 2.05) is 30.3 Å². The van der Waals surface area contributed by atoms with E-state index < -0.39 is 9.84 Å². The Morgan fingerprint density at radius 3 is 2.62 bits per heavy atom. The second-order valence-electron chi connectivity index (χ2n) is 4.25. The van der Waals surface area contributed by atoms with Crippen LogP contribution < -0.4 is 5.32 Å². The standard InChI is InChI=1S/C12H17NO2S/c14-16(15)8-4-7-12(16)10-13-9-11-5-2-1-3-6-11/h1-3,5-6,12-13H,4,7-10H2. The first-order valence-electron chi connectivity index (χ1n) is 5.65. The summed E-state index contributed by atoms with van der Waals surface area (Å²) in [6.45, 7) is 1.32. The summed E-state index contributed by atoms with van der Waals surface area (Å²) in [6, 6.07) is 10.0. The molecule has 2 rings (SSSR count). The number of hydrogen-bond donors (Lipinski definition) is 1. The highest BCUT2D eigenvalue weighted by atomic mass is 32.2. The van der Waals surface area contributed by atoms with Gasteiger partial charge < -0.3 is 5.32 Å². The van der Waals surface area contributed by atoms with E-state index in [9.17, 15) is 8.42 Å². The van der Waals surface area contributed by atoms with Crippen LogP contribution in [0.5, 0.6) is 0 Å². The van der Waals surface area contributed by atoms with Crippen LogP contribution in [-0.4, -0.2) is 26.0 Å². The topological polar surface area (TPSA) is 46.2 Å². The molecule has 0 aromatic heterocycles. The first-order valence-corrected chi connectivity index (χ1v) is 7.36. The van der Waals surface area contributed by atoms with Crippen molar-refractivity contribution in [2.45, 2.75) is 24.6 Å². The van der Waals surface area contributed by atoms with Crippen molar-refractivity contribution in [1.29, 1.82) is 0 Å². The van der Waals surface area contributed by atoms with Crippen LogP contribution in [0, 0.1) is 0 Å². The van der Waals surface area contributed by atoms with E-state index in [0.29, 0.717) is 12.3 Å². The highest BCUT2D eigenvalue weighted by molar-refractivity contribution is 7.92. The van der Waals surface area contributed by atoms with Crippen molar-refractivity contribution < 1.29 is 8.42 Å². The molecular weight excluding hydrogens is 222 g/mol. The molecule has 1 N–H and O–H groups in total. The summed E-state index contributed by atoms with van der Waals surface area (Å²) in [4.78, 5) is 0. The fraction of sp³-hybridized carbons (Fsp3) is 0.500. The molecule has 88 valence electrons. The van der Waals surface area contributed by atoms with E-state index in [1.54, 1.807) is 0 Å². The minimum absolute atomic E-state index is 0.170.